The maximum atomic E-state index is 10.6. The van der Waals surface area contributed by atoms with Crippen molar-refractivity contribution in [3.05, 3.63) is 11.9 Å². The van der Waals surface area contributed by atoms with Crippen molar-refractivity contribution < 1.29 is 9.84 Å². The minimum Gasteiger partial charge on any atom is -0.493 e. The van der Waals surface area contributed by atoms with Crippen LogP contribution in [-0.2, 0) is 6.54 Å². The third-order valence-electron chi connectivity index (χ3n) is 4.17. The molecule has 1 aromatic rings. The summed E-state index contributed by atoms with van der Waals surface area (Å²) >= 11 is 0. The van der Waals surface area contributed by atoms with E-state index in [1.54, 1.807) is 13.3 Å². The van der Waals surface area contributed by atoms with Crippen LogP contribution in [0.5, 0.6) is 5.75 Å². The predicted octanol–water partition coefficient (Wildman–Crippen LogP) is 2.07. The van der Waals surface area contributed by atoms with Crippen LogP contribution in [-0.4, -0.2) is 47.5 Å². The lowest BCUT2D eigenvalue weighted by molar-refractivity contribution is 0.130. The zero-order valence-electron chi connectivity index (χ0n) is 12.9. The molecule has 1 aliphatic rings. The first-order chi connectivity index (χ1) is 9.61. The topological polar surface area (TPSA) is 50.5 Å². The van der Waals surface area contributed by atoms with Crippen LogP contribution in [0.15, 0.2) is 6.20 Å². The van der Waals surface area contributed by atoms with Gasteiger partial charge in [-0.3, -0.25) is 4.68 Å². The Morgan fingerprint density at radius 3 is 2.75 bits per heavy atom. The van der Waals surface area contributed by atoms with Crippen LogP contribution in [0.2, 0.25) is 0 Å². The van der Waals surface area contributed by atoms with Crippen molar-refractivity contribution in [2.24, 2.45) is 5.92 Å². The van der Waals surface area contributed by atoms with E-state index >= 15 is 0 Å². The van der Waals surface area contributed by atoms with Gasteiger partial charge in [0, 0.05) is 6.54 Å². The molecule has 5 heteroatoms. The molecule has 1 fully saturated rings. The molecular formula is C15H27N3O2. The highest BCUT2D eigenvalue weighted by Gasteiger charge is 2.25. The largest absolute Gasteiger partial charge is 0.493 e. The molecule has 0 aromatic carbocycles. The molecule has 1 atom stereocenters. The second-order valence-corrected chi connectivity index (χ2v) is 6.03. The van der Waals surface area contributed by atoms with Crippen LogP contribution < -0.4 is 4.74 Å². The zero-order chi connectivity index (χ0) is 14.5. The highest BCUT2D eigenvalue weighted by Crippen LogP contribution is 2.35. The van der Waals surface area contributed by atoms with E-state index in [9.17, 15) is 5.11 Å². The highest BCUT2D eigenvalue weighted by atomic mass is 16.5. The fourth-order valence-corrected chi connectivity index (χ4v) is 3.02. The van der Waals surface area contributed by atoms with Crippen LogP contribution in [0.4, 0.5) is 0 Å². The van der Waals surface area contributed by atoms with E-state index < -0.39 is 6.10 Å². The third kappa shape index (κ3) is 3.73. The van der Waals surface area contributed by atoms with Crippen LogP contribution >= 0.6 is 0 Å². The summed E-state index contributed by atoms with van der Waals surface area (Å²) in [7, 11) is 5.71. The molecule has 0 saturated heterocycles. The number of nitrogens with zero attached hydrogens (tertiary/aromatic N) is 3. The molecule has 1 saturated carbocycles. The number of rotatable bonds is 7. The van der Waals surface area contributed by atoms with Crippen molar-refractivity contribution in [3.63, 3.8) is 0 Å². The van der Waals surface area contributed by atoms with Gasteiger partial charge in [0.15, 0.2) is 5.75 Å². The van der Waals surface area contributed by atoms with Crippen molar-refractivity contribution in [1.29, 1.82) is 0 Å². The quantitative estimate of drug-likeness (QED) is 0.831. The number of aliphatic hydroxyl groups is 1. The molecule has 5 nitrogen and oxygen atoms in total. The molecule has 1 aromatic heterocycles. The number of hydrogen-bond donors (Lipinski definition) is 1. The van der Waals surface area contributed by atoms with Gasteiger partial charge in [0.2, 0.25) is 0 Å². The Bertz CT molecular complexity index is 411. The number of likely N-dealkylation sites (N-methyl/N-ethyl adjacent to an activating group) is 1. The number of aliphatic hydroxyl groups excluding tert-OH is 1. The van der Waals surface area contributed by atoms with Crippen LogP contribution in [0, 0.1) is 5.92 Å². The van der Waals surface area contributed by atoms with Crippen LogP contribution in [0.1, 0.15) is 43.9 Å². The minimum atomic E-state index is -0.474. The molecule has 0 spiro atoms. The van der Waals surface area contributed by atoms with Crippen LogP contribution in [0.3, 0.4) is 0 Å². The van der Waals surface area contributed by atoms with Crippen molar-refractivity contribution in [1.82, 2.24) is 14.7 Å². The Morgan fingerprint density at radius 1 is 1.45 bits per heavy atom. The van der Waals surface area contributed by atoms with Crippen molar-refractivity contribution in [2.75, 3.05) is 27.7 Å². The maximum absolute atomic E-state index is 10.6. The van der Waals surface area contributed by atoms with Gasteiger partial charge in [0.05, 0.1) is 26.0 Å². The number of aromatic nitrogens is 2. The zero-order valence-corrected chi connectivity index (χ0v) is 12.9. The summed E-state index contributed by atoms with van der Waals surface area (Å²) in [4.78, 5) is 2.11. The van der Waals surface area contributed by atoms with Gasteiger partial charge in [-0.05, 0) is 26.4 Å². The minimum absolute atomic E-state index is 0.474. The van der Waals surface area contributed by atoms with Gasteiger partial charge >= 0.3 is 0 Å². The number of ether oxygens (including phenoxy) is 1. The maximum Gasteiger partial charge on any atom is 0.162 e. The first kappa shape index (κ1) is 15.3. The van der Waals surface area contributed by atoms with E-state index in [1.165, 1.54) is 25.7 Å². The van der Waals surface area contributed by atoms with E-state index in [0.717, 1.165) is 25.2 Å². The molecule has 1 unspecified atom stereocenters. The fourth-order valence-electron chi connectivity index (χ4n) is 3.02. The summed E-state index contributed by atoms with van der Waals surface area (Å²) < 4.78 is 7.25. The fraction of sp³-hybridized carbons (Fsp3) is 0.800. The second kappa shape index (κ2) is 7.09. The molecule has 0 radical (unpaired) electrons. The van der Waals surface area contributed by atoms with Crippen LogP contribution in [0.25, 0.3) is 0 Å². The van der Waals surface area contributed by atoms with E-state index in [2.05, 4.69) is 10.00 Å². The lowest BCUT2D eigenvalue weighted by atomic mass is 9.98. The van der Waals surface area contributed by atoms with Gasteiger partial charge in [-0.25, -0.2) is 0 Å². The van der Waals surface area contributed by atoms with E-state index in [0.29, 0.717) is 11.7 Å². The Hall–Kier alpha value is -1.07. The van der Waals surface area contributed by atoms with Crippen molar-refractivity contribution in [2.45, 2.75) is 44.8 Å². The molecule has 2 rings (SSSR count). The standard InChI is InChI=1S/C15H27N3O2/c1-17(2)8-9-18-15(14(20-3)11-16-18)13(19)10-12-6-4-5-7-12/h11-13,19H,4-10H2,1-3H3. The molecule has 0 amide bonds. The van der Waals surface area contributed by atoms with Gasteiger partial charge < -0.3 is 14.7 Å². The Kier molecular flexibility index (Phi) is 5.43. The van der Waals surface area contributed by atoms with E-state index in [4.69, 9.17) is 4.74 Å². The lowest BCUT2D eigenvalue weighted by Gasteiger charge is -2.19. The summed E-state index contributed by atoms with van der Waals surface area (Å²) in [6.07, 6.45) is 7.14. The van der Waals surface area contributed by atoms with Gasteiger partial charge in [0.25, 0.3) is 0 Å². The molecule has 0 bridgehead atoms. The lowest BCUT2D eigenvalue weighted by Crippen LogP contribution is -2.21. The summed E-state index contributed by atoms with van der Waals surface area (Å²) in [5, 5.41) is 14.9. The predicted molar refractivity (Wildman–Crippen MR) is 78.9 cm³/mol. The van der Waals surface area contributed by atoms with E-state index in [1.807, 2.05) is 18.8 Å². The highest BCUT2D eigenvalue weighted by molar-refractivity contribution is 5.27. The van der Waals surface area contributed by atoms with Crippen molar-refractivity contribution >= 4 is 0 Å². The molecule has 20 heavy (non-hydrogen) atoms. The molecule has 1 aliphatic carbocycles. The van der Waals surface area contributed by atoms with Crippen molar-refractivity contribution in [3.8, 4) is 5.75 Å². The smallest absolute Gasteiger partial charge is 0.162 e. The number of hydrogen-bond acceptors (Lipinski definition) is 4. The van der Waals surface area contributed by atoms with Gasteiger partial charge in [0.1, 0.15) is 5.69 Å². The Morgan fingerprint density at radius 2 is 2.15 bits per heavy atom. The second-order valence-electron chi connectivity index (χ2n) is 6.03. The molecule has 0 aliphatic heterocycles. The average molecular weight is 281 g/mol. The number of methoxy groups -OCH3 is 1. The van der Waals surface area contributed by atoms with Gasteiger partial charge in [-0.2, -0.15) is 5.10 Å². The monoisotopic (exact) mass is 281 g/mol. The normalized spacial score (nSPS) is 17.9. The first-order valence-electron chi connectivity index (χ1n) is 7.54. The Labute approximate surface area is 121 Å². The molecule has 114 valence electrons. The van der Waals surface area contributed by atoms with Gasteiger partial charge in [-0.15, -0.1) is 0 Å². The molecule has 1 heterocycles. The molecule has 1 N–H and O–H groups in total. The molecular weight excluding hydrogens is 254 g/mol. The Balaban J connectivity index is 2.07. The van der Waals surface area contributed by atoms with E-state index in [-0.39, 0.29) is 0 Å². The third-order valence-corrected chi connectivity index (χ3v) is 4.17. The summed E-state index contributed by atoms with van der Waals surface area (Å²) in [6.45, 7) is 1.67. The first-order valence-corrected chi connectivity index (χ1v) is 7.54. The summed E-state index contributed by atoms with van der Waals surface area (Å²) in [5.41, 5.74) is 0.834. The summed E-state index contributed by atoms with van der Waals surface area (Å²) in [5.74, 6) is 1.35. The SMILES string of the molecule is COc1cnn(CCN(C)C)c1C(O)CC1CCCC1. The van der Waals surface area contributed by atoms with Gasteiger partial charge in [-0.1, -0.05) is 25.7 Å². The average Bonchev–Trinajstić information content (AvgIpc) is 3.04. The summed E-state index contributed by atoms with van der Waals surface area (Å²) in [6, 6.07) is 0.